The fraction of sp³-hybridized carbons (Fsp3) is 1.00. The van der Waals surface area contributed by atoms with Gasteiger partial charge in [-0.2, -0.15) is 0 Å². The maximum atomic E-state index is 11.5. The molecule has 5 heteroatoms. The number of hydrogen-bond acceptors (Lipinski definition) is 3. The molecule has 0 aromatic rings. The molecule has 3 nitrogen and oxygen atoms in total. The molecule has 0 saturated carbocycles. The van der Waals surface area contributed by atoms with Crippen LogP contribution in [0, 0.1) is 0 Å². The molecule has 0 spiro atoms. The second kappa shape index (κ2) is 6.23. The van der Waals surface area contributed by atoms with E-state index in [9.17, 15) is 13.9 Å². The summed E-state index contributed by atoms with van der Waals surface area (Å²) in [4.78, 5) is 0. The van der Waals surface area contributed by atoms with Gasteiger partial charge in [0.15, 0.2) is 0 Å². The molecule has 0 radical (unpaired) electrons. The SMILES string of the molecule is CC(C)(O)CNCCOCC(F)F. The summed E-state index contributed by atoms with van der Waals surface area (Å²) in [6.07, 6.45) is -2.41. The van der Waals surface area contributed by atoms with E-state index in [2.05, 4.69) is 10.1 Å². The van der Waals surface area contributed by atoms with E-state index in [1.54, 1.807) is 13.8 Å². The van der Waals surface area contributed by atoms with Crippen LogP contribution in [0.1, 0.15) is 13.8 Å². The predicted octanol–water partition coefficient (Wildman–Crippen LogP) is 0.629. The van der Waals surface area contributed by atoms with Crippen molar-refractivity contribution >= 4 is 0 Å². The average molecular weight is 197 g/mol. The van der Waals surface area contributed by atoms with Gasteiger partial charge in [-0.3, -0.25) is 0 Å². The van der Waals surface area contributed by atoms with Gasteiger partial charge in [-0.15, -0.1) is 0 Å². The molecule has 0 rings (SSSR count). The van der Waals surface area contributed by atoms with E-state index in [-0.39, 0.29) is 6.61 Å². The van der Waals surface area contributed by atoms with Crippen LogP contribution in [0.4, 0.5) is 8.78 Å². The first-order chi connectivity index (χ1) is 5.92. The number of hydrogen-bond donors (Lipinski definition) is 2. The standard InChI is InChI=1S/C8H17F2NO2/c1-8(2,12)6-11-3-4-13-5-7(9)10/h7,11-12H,3-6H2,1-2H3. The van der Waals surface area contributed by atoms with Crippen molar-refractivity contribution in [2.75, 3.05) is 26.3 Å². The monoisotopic (exact) mass is 197 g/mol. The van der Waals surface area contributed by atoms with E-state index in [1.165, 1.54) is 0 Å². The Kier molecular flexibility index (Phi) is 6.11. The molecule has 0 bridgehead atoms. The molecule has 0 heterocycles. The summed E-state index contributed by atoms with van der Waals surface area (Å²) < 4.78 is 27.7. The zero-order valence-electron chi connectivity index (χ0n) is 8.02. The Bertz CT molecular complexity index is 126. The highest BCUT2D eigenvalue weighted by molar-refractivity contribution is 4.67. The van der Waals surface area contributed by atoms with Crippen LogP contribution in [0.2, 0.25) is 0 Å². The van der Waals surface area contributed by atoms with Crippen LogP contribution < -0.4 is 5.32 Å². The molecule has 0 aliphatic rings. The molecule has 0 aromatic carbocycles. The fourth-order valence-electron chi connectivity index (χ4n) is 0.711. The van der Waals surface area contributed by atoms with Gasteiger partial charge in [-0.25, -0.2) is 8.78 Å². The molecule has 0 atom stereocenters. The summed E-state index contributed by atoms with van der Waals surface area (Å²) >= 11 is 0. The van der Waals surface area contributed by atoms with Gasteiger partial charge in [0.25, 0.3) is 6.43 Å². The first-order valence-electron chi connectivity index (χ1n) is 4.21. The Morgan fingerprint density at radius 3 is 2.54 bits per heavy atom. The summed E-state index contributed by atoms with van der Waals surface area (Å²) in [6, 6.07) is 0. The molecule has 0 saturated heterocycles. The van der Waals surface area contributed by atoms with Crippen LogP contribution in [0.5, 0.6) is 0 Å². The number of alkyl halides is 2. The van der Waals surface area contributed by atoms with E-state index in [4.69, 9.17) is 0 Å². The van der Waals surface area contributed by atoms with E-state index < -0.39 is 18.6 Å². The van der Waals surface area contributed by atoms with E-state index in [0.717, 1.165) is 0 Å². The lowest BCUT2D eigenvalue weighted by atomic mass is 10.1. The zero-order valence-corrected chi connectivity index (χ0v) is 8.02. The molecule has 80 valence electrons. The van der Waals surface area contributed by atoms with Crippen molar-refractivity contribution < 1.29 is 18.6 Å². The van der Waals surface area contributed by atoms with Gasteiger partial charge < -0.3 is 15.2 Å². The van der Waals surface area contributed by atoms with Crippen molar-refractivity contribution in [3.8, 4) is 0 Å². The Morgan fingerprint density at radius 2 is 2.08 bits per heavy atom. The van der Waals surface area contributed by atoms with Crippen LogP contribution >= 0.6 is 0 Å². The average Bonchev–Trinajstić information content (AvgIpc) is 1.93. The summed E-state index contributed by atoms with van der Waals surface area (Å²) in [6.45, 7) is 3.94. The van der Waals surface area contributed by atoms with Crippen molar-refractivity contribution in [1.82, 2.24) is 5.32 Å². The number of aliphatic hydroxyl groups is 1. The molecule has 2 N–H and O–H groups in total. The van der Waals surface area contributed by atoms with Gasteiger partial charge in [-0.1, -0.05) is 0 Å². The highest BCUT2D eigenvalue weighted by Gasteiger charge is 2.10. The zero-order chi connectivity index (χ0) is 10.3. The number of ether oxygens (including phenoxy) is 1. The highest BCUT2D eigenvalue weighted by atomic mass is 19.3. The molecular formula is C8H17F2NO2. The summed E-state index contributed by atoms with van der Waals surface area (Å²) in [5, 5.41) is 12.1. The van der Waals surface area contributed by atoms with Gasteiger partial charge in [-0.05, 0) is 13.8 Å². The van der Waals surface area contributed by atoms with Crippen LogP contribution in [0.15, 0.2) is 0 Å². The van der Waals surface area contributed by atoms with Crippen molar-refractivity contribution in [3.05, 3.63) is 0 Å². The number of nitrogens with one attached hydrogen (secondary N) is 1. The maximum Gasteiger partial charge on any atom is 0.261 e. The summed E-state index contributed by atoms with van der Waals surface area (Å²) in [7, 11) is 0. The van der Waals surface area contributed by atoms with Crippen molar-refractivity contribution in [2.45, 2.75) is 25.9 Å². The molecule has 0 amide bonds. The lowest BCUT2D eigenvalue weighted by molar-refractivity contribution is 0.0164. The van der Waals surface area contributed by atoms with Gasteiger partial charge in [0.05, 0.1) is 12.2 Å². The largest absolute Gasteiger partial charge is 0.389 e. The van der Waals surface area contributed by atoms with Crippen LogP contribution in [0.3, 0.4) is 0 Å². The minimum Gasteiger partial charge on any atom is -0.389 e. The minimum atomic E-state index is -2.41. The smallest absolute Gasteiger partial charge is 0.261 e. The third kappa shape index (κ3) is 11.7. The summed E-state index contributed by atoms with van der Waals surface area (Å²) in [5.41, 5.74) is -0.775. The topological polar surface area (TPSA) is 41.5 Å². The number of halogens is 2. The van der Waals surface area contributed by atoms with Gasteiger partial charge >= 0.3 is 0 Å². The van der Waals surface area contributed by atoms with E-state index >= 15 is 0 Å². The van der Waals surface area contributed by atoms with Crippen molar-refractivity contribution in [3.63, 3.8) is 0 Å². The second-order valence-corrected chi connectivity index (χ2v) is 3.46. The quantitative estimate of drug-likeness (QED) is 0.588. The second-order valence-electron chi connectivity index (χ2n) is 3.46. The Labute approximate surface area is 77.1 Å². The molecule has 0 aliphatic heterocycles. The fourth-order valence-corrected chi connectivity index (χ4v) is 0.711. The highest BCUT2D eigenvalue weighted by Crippen LogP contribution is 1.96. The Balaban J connectivity index is 3.09. The van der Waals surface area contributed by atoms with Gasteiger partial charge in [0, 0.05) is 13.1 Å². The molecule has 0 fully saturated rings. The normalized spacial score (nSPS) is 12.5. The van der Waals surface area contributed by atoms with Crippen molar-refractivity contribution in [1.29, 1.82) is 0 Å². The predicted molar refractivity (Wildman–Crippen MR) is 46.0 cm³/mol. The summed E-state index contributed by atoms with van der Waals surface area (Å²) in [5.74, 6) is 0. The molecule has 0 aliphatic carbocycles. The van der Waals surface area contributed by atoms with Crippen molar-refractivity contribution in [2.24, 2.45) is 0 Å². The minimum absolute atomic E-state index is 0.237. The molecule has 13 heavy (non-hydrogen) atoms. The molecule has 0 unspecified atom stereocenters. The molecular weight excluding hydrogens is 180 g/mol. The lowest BCUT2D eigenvalue weighted by Gasteiger charge is -2.17. The third-order valence-corrected chi connectivity index (χ3v) is 1.22. The van der Waals surface area contributed by atoms with Crippen LogP contribution in [0.25, 0.3) is 0 Å². The van der Waals surface area contributed by atoms with Crippen LogP contribution in [-0.4, -0.2) is 43.4 Å². The van der Waals surface area contributed by atoms with Crippen LogP contribution in [-0.2, 0) is 4.74 Å². The molecule has 0 aromatic heterocycles. The Hall–Kier alpha value is -0.260. The maximum absolute atomic E-state index is 11.5. The first-order valence-corrected chi connectivity index (χ1v) is 4.21. The third-order valence-electron chi connectivity index (χ3n) is 1.22. The van der Waals surface area contributed by atoms with E-state index in [0.29, 0.717) is 13.1 Å². The first kappa shape index (κ1) is 12.7. The van der Waals surface area contributed by atoms with Gasteiger partial charge in [0.2, 0.25) is 0 Å². The lowest BCUT2D eigenvalue weighted by Crippen LogP contribution is -2.36. The number of rotatable bonds is 7. The van der Waals surface area contributed by atoms with E-state index in [1.807, 2.05) is 0 Å². The Morgan fingerprint density at radius 1 is 1.46 bits per heavy atom. The van der Waals surface area contributed by atoms with Gasteiger partial charge in [0.1, 0.15) is 6.61 Å².